The molecule has 2 fully saturated rings. The first-order valence-corrected chi connectivity index (χ1v) is 11.0. The van der Waals surface area contributed by atoms with E-state index in [1.165, 1.54) is 0 Å². The van der Waals surface area contributed by atoms with Gasteiger partial charge in [-0.15, -0.1) is 0 Å². The van der Waals surface area contributed by atoms with Gasteiger partial charge in [0.25, 0.3) is 5.91 Å². The predicted octanol–water partition coefficient (Wildman–Crippen LogP) is 2.51. The first kappa shape index (κ1) is 21.4. The highest BCUT2D eigenvalue weighted by Gasteiger charge is 2.37. The minimum absolute atomic E-state index is 0.0580. The van der Waals surface area contributed by atoms with Crippen molar-refractivity contribution in [3.05, 3.63) is 36.0 Å². The summed E-state index contributed by atoms with van der Waals surface area (Å²) in [6.07, 6.45) is 2.54. The lowest BCUT2D eigenvalue weighted by Crippen LogP contribution is -2.57. The van der Waals surface area contributed by atoms with E-state index in [0.29, 0.717) is 18.7 Å². The van der Waals surface area contributed by atoms with E-state index in [4.69, 9.17) is 9.26 Å². The Bertz CT molecular complexity index is 903. The third kappa shape index (κ3) is 4.58. The number of piperidine rings is 1. The number of aromatic nitrogens is 1. The van der Waals surface area contributed by atoms with Gasteiger partial charge in [0.15, 0.2) is 11.5 Å². The van der Waals surface area contributed by atoms with Gasteiger partial charge in [-0.05, 0) is 50.1 Å². The average Bonchev–Trinajstić information content (AvgIpc) is 3.33. The first-order chi connectivity index (χ1) is 15.1. The number of likely N-dealkylation sites (N-methyl/N-ethyl adjacent to an activating group) is 1. The fourth-order valence-corrected chi connectivity index (χ4v) is 4.34. The van der Waals surface area contributed by atoms with Crippen molar-refractivity contribution in [1.82, 2.24) is 19.9 Å². The number of likely N-dealkylation sites (tertiary alicyclic amines) is 1. The number of piperazine rings is 1. The molecule has 31 heavy (non-hydrogen) atoms. The Morgan fingerprint density at radius 3 is 2.52 bits per heavy atom. The monoisotopic (exact) mass is 426 g/mol. The number of nitrogens with zero attached hydrogens (tertiary/aromatic N) is 4. The van der Waals surface area contributed by atoms with Crippen molar-refractivity contribution in [3.63, 3.8) is 0 Å². The standard InChI is InChI=1S/C23H30N4O4/c1-3-25-12-14-26(15-13-25)23(29)20-6-4-5-11-27(20)22(28)19-16-21(31-24-19)17-7-9-18(30-2)10-8-17/h7-10,16,20H,3-6,11-15H2,1-2H3. The maximum absolute atomic E-state index is 13.2. The maximum atomic E-state index is 13.2. The molecule has 2 aliphatic rings. The van der Waals surface area contributed by atoms with E-state index in [2.05, 4.69) is 17.0 Å². The molecule has 2 aliphatic heterocycles. The van der Waals surface area contributed by atoms with Gasteiger partial charge < -0.3 is 24.0 Å². The van der Waals surface area contributed by atoms with Gasteiger partial charge in [-0.3, -0.25) is 9.59 Å². The van der Waals surface area contributed by atoms with Crippen molar-refractivity contribution >= 4 is 11.8 Å². The van der Waals surface area contributed by atoms with E-state index >= 15 is 0 Å². The number of carbonyl (C=O) groups excluding carboxylic acids is 2. The topological polar surface area (TPSA) is 79.1 Å². The minimum Gasteiger partial charge on any atom is -0.497 e. The number of methoxy groups -OCH3 is 1. The molecule has 1 atom stereocenters. The summed E-state index contributed by atoms with van der Waals surface area (Å²) in [7, 11) is 1.61. The van der Waals surface area contributed by atoms with Crippen LogP contribution in [0, 0.1) is 0 Å². The van der Waals surface area contributed by atoms with Crippen molar-refractivity contribution in [2.45, 2.75) is 32.2 Å². The second-order valence-corrected chi connectivity index (χ2v) is 8.07. The van der Waals surface area contributed by atoms with Crippen LogP contribution in [0.25, 0.3) is 11.3 Å². The molecular formula is C23H30N4O4. The quantitative estimate of drug-likeness (QED) is 0.731. The lowest BCUT2D eigenvalue weighted by atomic mass is 9.99. The molecule has 4 rings (SSSR count). The van der Waals surface area contributed by atoms with Crippen LogP contribution in [0.4, 0.5) is 0 Å². The molecule has 0 aliphatic carbocycles. The van der Waals surface area contributed by atoms with Gasteiger partial charge in [0.05, 0.1) is 7.11 Å². The third-order valence-electron chi connectivity index (χ3n) is 6.28. The lowest BCUT2D eigenvalue weighted by molar-refractivity contribution is -0.139. The highest BCUT2D eigenvalue weighted by Crippen LogP contribution is 2.26. The van der Waals surface area contributed by atoms with E-state index in [0.717, 1.165) is 56.9 Å². The zero-order chi connectivity index (χ0) is 21.8. The van der Waals surface area contributed by atoms with E-state index in [-0.39, 0.29) is 17.5 Å². The molecule has 0 spiro atoms. The van der Waals surface area contributed by atoms with E-state index in [1.54, 1.807) is 18.1 Å². The van der Waals surface area contributed by atoms with Crippen molar-refractivity contribution in [2.75, 3.05) is 46.4 Å². The van der Waals surface area contributed by atoms with Gasteiger partial charge in [0, 0.05) is 44.4 Å². The summed E-state index contributed by atoms with van der Waals surface area (Å²) in [5.74, 6) is 1.08. The molecule has 2 saturated heterocycles. The third-order valence-corrected chi connectivity index (χ3v) is 6.28. The van der Waals surface area contributed by atoms with Gasteiger partial charge >= 0.3 is 0 Å². The van der Waals surface area contributed by atoms with Crippen molar-refractivity contribution < 1.29 is 18.8 Å². The predicted molar refractivity (Wildman–Crippen MR) is 116 cm³/mol. The number of hydrogen-bond donors (Lipinski definition) is 0. The van der Waals surface area contributed by atoms with Crippen LogP contribution in [0.1, 0.15) is 36.7 Å². The fourth-order valence-electron chi connectivity index (χ4n) is 4.34. The lowest BCUT2D eigenvalue weighted by Gasteiger charge is -2.40. The van der Waals surface area contributed by atoms with Crippen LogP contribution in [0.5, 0.6) is 5.75 Å². The van der Waals surface area contributed by atoms with Crippen LogP contribution in [0.2, 0.25) is 0 Å². The molecule has 166 valence electrons. The first-order valence-electron chi connectivity index (χ1n) is 11.0. The highest BCUT2D eigenvalue weighted by atomic mass is 16.5. The van der Waals surface area contributed by atoms with Crippen LogP contribution in [0.3, 0.4) is 0 Å². The molecule has 1 unspecified atom stereocenters. The molecule has 2 amide bonds. The SMILES string of the molecule is CCN1CCN(C(=O)C2CCCCN2C(=O)c2cc(-c3ccc(OC)cc3)on2)CC1. The van der Waals surface area contributed by atoms with E-state index < -0.39 is 6.04 Å². The number of amides is 2. The number of carbonyl (C=O) groups is 2. The zero-order valence-corrected chi connectivity index (χ0v) is 18.2. The molecule has 1 aromatic heterocycles. The molecule has 0 N–H and O–H groups in total. The fraction of sp³-hybridized carbons (Fsp3) is 0.522. The summed E-state index contributed by atoms with van der Waals surface area (Å²) in [5, 5.41) is 4.01. The van der Waals surface area contributed by atoms with Crippen molar-refractivity contribution in [1.29, 1.82) is 0 Å². The van der Waals surface area contributed by atoms with Gasteiger partial charge in [-0.2, -0.15) is 0 Å². The van der Waals surface area contributed by atoms with Crippen LogP contribution in [0.15, 0.2) is 34.9 Å². The largest absolute Gasteiger partial charge is 0.497 e. The number of benzene rings is 1. The number of hydrogen-bond acceptors (Lipinski definition) is 6. The van der Waals surface area contributed by atoms with Crippen LogP contribution < -0.4 is 4.74 Å². The summed E-state index contributed by atoms with van der Waals surface area (Å²) in [6.45, 7) is 6.91. The summed E-state index contributed by atoms with van der Waals surface area (Å²) < 4.78 is 10.6. The molecule has 8 nitrogen and oxygen atoms in total. The normalized spacial score (nSPS) is 20.0. The van der Waals surface area contributed by atoms with Gasteiger partial charge in [0.1, 0.15) is 11.8 Å². The second-order valence-electron chi connectivity index (χ2n) is 8.07. The molecule has 0 radical (unpaired) electrons. The Kier molecular flexibility index (Phi) is 6.56. The Morgan fingerprint density at radius 1 is 1.10 bits per heavy atom. The smallest absolute Gasteiger partial charge is 0.276 e. The Balaban J connectivity index is 1.47. The van der Waals surface area contributed by atoms with Crippen LogP contribution in [-0.4, -0.2) is 84.1 Å². The molecule has 1 aromatic carbocycles. The molecule has 8 heteroatoms. The molecule has 0 bridgehead atoms. The molecule has 2 aromatic rings. The Hall–Kier alpha value is -2.87. The number of rotatable bonds is 5. The summed E-state index contributed by atoms with van der Waals surface area (Å²) >= 11 is 0. The van der Waals surface area contributed by atoms with Crippen LogP contribution >= 0.6 is 0 Å². The number of ether oxygens (including phenoxy) is 1. The Labute approximate surface area is 182 Å². The molecular weight excluding hydrogens is 396 g/mol. The van der Waals surface area contributed by atoms with E-state index in [1.807, 2.05) is 29.2 Å². The molecule has 0 saturated carbocycles. The second kappa shape index (κ2) is 9.51. The summed E-state index contributed by atoms with van der Waals surface area (Å²) in [5.41, 5.74) is 1.05. The maximum Gasteiger partial charge on any atom is 0.276 e. The Morgan fingerprint density at radius 2 is 1.84 bits per heavy atom. The highest BCUT2D eigenvalue weighted by molar-refractivity contribution is 5.97. The van der Waals surface area contributed by atoms with Gasteiger partial charge in [-0.25, -0.2) is 0 Å². The van der Waals surface area contributed by atoms with E-state index in [9.17, 15) is 9.59 Å². The van der Waals surface area contributed by atoms with Crippen molar-refractivity contribution in [3.8, 4) is 17.1 Å². The summed E-state index contributed by atoms with van der Waals surface area (Å²) in [4.78, 5) is 32.4. The minimum atomic E-state index is -0.421. The van der Waals surface area contributed by atoms with Crippen LogP contribution in [-0.2, 0) is 4.79 Å². The zero-order valence-electron chi connectivity index (χ0n) is 18.2. The van der Waals surface area contributed by atoms with Gasteiger partial charge in [0.2, 0.25) is 5.91 Å². The molecule has 3 heterocycles. The average molecular weight is 427 g/mol. The van der Waals surface area contributed by atoms with Crippen molar-refractivity contribution in [2.24, 2.45) is 0 Å². The summed E-state index contributed by atoms with van der Waals surface area (Å²) in [6, 6.07) is 8.61. The van der Waals surface area contributed by atoms with Gasteiger partial charge in [-0.1, -0.05) is 12.1 Å².